The lowest BCUT2D eigenvalue weighted by Crippen LogP contribution is -2.43. The zero-order valence-corrected chi connectivity index (χ0v) is 9.78. The van der Waals surface area contributed by atoms with Crippen molar-refractivity contribution in [1.29, 1.82) is 0 Å². The van der Waals surface area contributed by atoms with Crippen molar-refractivity contribution < 1.29 is 4.79 Å². The Morgan fingerprint density at radius 3 is 2.69 bits per heavy atom. The Kier molecular flexibility index (Phi) is 7.09. The second kappa shape index (κ2) is 7.21. The SMILES string of the molecule is CCN(C)C(=O)C(C)NCCSC. The van der Waals surface area contributed by atoms with Crippen LogP contribution in [0.5, 0.6) is 0 Å². The molecule has 0 heterocycles. The molecule has 0 aliphatic carbocycles. The van der Waals surface area contributed by atoms with E-state index in [9.17, 15) is 4.79 Å². The van der Waals surface area contributed by atoms with Gasteiger partial charge in [-0.05, 0) is 20.1 Å². The van der Waals surface area contributed by atoms with E-state index < -0.39 is 0 Å². The molecule has 0 fully saturated rings. The van der Waals surface area contributed by atoms with Crippen molar-refractivity contribution in [1.82, 2.24) is 10.2 Å². The van der Waals surface area contributed by atoms with Crippen LogP contribution in [0.15, 0.2) is 0 Å². The molecule has 4 heteroatoms. The average Bonchev–Trinajstić information content (AvgIpc) is 2.15. The van der Waals surface area contributed by atoms with E-state index in [1.807, 2.05) is 20.9 Å². The number of thioether (sulfide) groups is 1. The molecule has 0 spiro atoms. The molecule has 13 heavy (non-hydrogen) atoms. The molecular formula is C9H20N2OS. The summed E-state index contributed by atoms with van der Waals surface area (Å²) in [7, 11) is 1.83. The standard InChI is InChI=1S/C9H20N2OS/c1-5-11(3)9(12)8(2)10-6-7-13-4/h8,10H,5-7H2,1-4H3. The van der Waals surface area contributed by atoms with Gasteiger partial charge in [0.05, 0.1) is 6.04 Å². The predicted octanol–water partition coefficient (Wildman–Crippen LogP) is 0.806. The topological polar surface area (TPSA) is 32.3 Å². The molecule has 1 atom stereocenters. The number of hydrogen-bond donors (Lipinski definition) is 1. The summed E-state index contributed by atoms with van der Waals surface area (Å²) in [6.45, 7) is 5.56. The Morgan fingerprint density at radius 1 is 1.62 bits per heavy atom. The summed E-state index contributed by atoms with van der Waals surface area (Å²) in [5.41, 5.74) is 0. The molecule has 1 amide bonds. The average molecular weight is 204 g/mol. The van der Waals surface area contributed by atoms with Gasteiger partial charge < -0.3 is 10.2 Å². The molecule has 0 bridgehead atoms. The van der Waals surface area contributed by atoms with Crippen LogP contribution < -0.4 is 5.32 Å². The highest BCUT2D eigenvalue weighted by molar-refractivity contribution is 7.98. The third-order valence-corrected chi connectivity index (χ3v) is 2.59. The summed E-state index contributed by atoms with van der Waals surface area (Å²) in [5, 5.41) is 3.19. The molecule has 0 aliphatic heterocycles. The van der Waals surface area contributed by atoms with Crippen LogP contribution in [-0.2, 0) is 4.79 Å². The summed E-state index contributed by atoms with van der Waals surface area (Å²) in [6.07, 6.45) is 2.06. The first-order valence-electron chi connectivity index (χ1n) is 4.60. The lowest BCUT2D eigenvalue weighted by Gasteiger charge is -2.20. The normalized spacial score (nSPS) is 12.6. The number of carbonyl (C=O) groups is 1. The number of nitrogens with one attached hydrogen (secondary N) is 1. The van der Waals surface area contributed by atoms with E-state index in [-0.39, 0.29) is 11.9 Å². The van der Waals surface area contributed by atoms with Crippen LogP contribution in [-0.4, -0.2) is 49.0 Å². The Morgan fingerprint density at radius 2 is 2.23 bits per heavy atom. The van der Waals surface area contributed by atoms with Gasteiger partial charge in [-0.1, -0.05) is 0 Å². The van der Waals surface area contributed by atoms with E-state index in [1.165, 1.54) is 0 Å². The minimum Gasteiger partial charge on any atom is -0.345 e. The number of nitrogens with zero attached hydrogens (tertiary/aromatic N) is 1. The fourth-order valence-electron chi connectivity index (χ4n) is 0.951. The van der Waals surface area contributed by atoms with Crippen molar-refractivity contribution in [3.05, 3.63) is 0 Å². The third-order valence-electron chi connectivity index (χ3n) is 1.98. The van der Waals surface area contributed by atoms with Gasteiger partial charge in [0.25, 0.3) is 0 Å². The van der Waals surface area contributed by atoms with Gasteiger partial charge in [-0.2, -0.15) is 11.8 Å². The van der Waals surface area contributed by atoms with Crippen LogP contribution in [0.25, 0.3) is 0 Å². The maximum absolute atomic E-state index is 11.5. The van der Waals surface area contributed by atoms with Crippen LogP contribution in [0, 0.1) is 0 Å². The Hall–Kier alpha value is -0.220. The number of amides is 1. The number of likely N-dealkylation sites (N-methyl/N-ethyl adjacent to an activating group) is 1. The second-order valence-electron chi connectivity index (χ2n) is 3.02. The van der Waals surface area contributed by atoms with Crippen LogP contribution in [0.4, 0.5) is 0 Å². The molecule has 0 radical (unpaired) electrons. The maximum Gasteiger partial charge on any atom is 0.239 e. The van der Waals surface area contributed by atoms with E-state index in [0.717, 1.165) is 18.8 Å². The van der Waals surface area contributed by atoms with Crippen molar-refractivity contribution in [3.8, 4) is 0 Å². The summed E-state index contributed by atoms with van der Waals surface area (Å²) < 4.78 is 0. The summed E-state index contributed by atoms with van der Waals surface area (Å²) in [4.78, 5) is 13.3. The van der Waals surface area contributed by atoms with Gasteiger partial charge in [0.2, 0.25) is 5.91 Å². The fraction of sp³-hybridized carbons (Fsp3) is 0.889. The van der Waals surface area contributed by atoms with E-state index in [4.69, 9.17) is 0 Å². The monoisotopic (exact) mass is 204 g/mol. The summed E-state index contributed by atoms with van der Waals surface area (Å²) in [6, 6.07) is -0.0582. The van der Waals surface area contributed by atoms with Crippen molar-refractivity contribution in [2.75, 3.05) is 32.1 Å². The van der Waals surface area contributed by atoms with E-state index >= 15 is 0 Å². The lowest BCUT2D eigenvalue weighted by molar-refractivity contribution is -0.131. The Labute approximate surface area is 85.3 Å². The fourth-order valence-corrected chi connectivity index (χ4v) is 1.27. The van der Waals surface area contributed by atoms with Crippen molar-refractivity contribution >= 4 is 17.7 Å². The molecule has 3 nitrogen and oxygen atoms in total. The van der Waals surface area contributed by atoms with Crippen LogP contribution in [0.2, 0.25) is 0 Å². The highest BCUT2D eigenvalue weighted by Crippen LogP contribution is 1.93. The summed E-state index contributed by atoms with van der Waals surface area (Å²) in [5.74, 6) is 1.22. The molecule has 1 N–H and O–H groups in total. The maximum atomic E-state index is 11.5. The minimum absolute atomic E-state index is 0.0582. The molecule has 0 aromatic rings. The molecule has 0 aliphatic rings. The first kappa shape index (κ1) is 12.8. The smallest absolute Gasteiger partial charge is 0.239 e. The van der Waals surface area contributed by atoms with Crippen molar-refractivity contribution in [3.63, 3.8) is 0 Å². The lowest BCUT2D eigenvalue weighted by atomic mass is 10.3. The van der Waals surface area contributed by atoms with E-state index in [2.05, 4.69) is 11.6 Å². The molecule has 78 valence electrons. The van der Waals surface area contributed by atoms with Gasteiger partial charge in [0.1, 0.15) is 0 Å². The van der Waals surface area contributed by atoms with Crippen LogP contribution in [0.3, 0.4) is 0 Å². The molecular weight excluding hydrogens is 184 g/mol. The van der Waals surface area contributed by atoms with Gasteiger partial charge in [-0.3, -0.25) is 4.79 Å². The summed E-state index contributed by atoms with van der Waals surface area (Å²) >= 11 is 1.78. The van der Waals surface area contributed by atoms with Gasteiger partial charge in [-0.25, -0.2) is 0 Å². The van der Waals surface area contributed by atoms with Crippen LogP contribution in [0.1, 0.15) is 13.8 Å². The van der Waals surface area contributed by atoms with Crippen molar-refractivity contribution in [2.24, 2.45) is 0 Å². The third kappa shape index (κ3) is 5.16. The van der Waals surface area contributed by atoms with Crippen LogP contribution >= 0.6 is 11.8 Å². The highest BCUT2D eigenvalue weighted by atomic mass is 32.2. The van der Waals surface area contributed by atoms with E-state index in [1.54, 1.807) is 16.7 Å². The zero-order valence-electron chi connectivity index (χ0n) is 8.96. The molecule has 0 rings (SSSR count). The molecule has 1 unspecified atom stereocenters. The quantitative estimate of drug-likeness (QED) is 0.650. The van der Waals surface area contributed by atoms with Gasteiger partial charge in [0, 0.05) is 25.9 Å². The number of carbonyl (C=O) groups excluding carboxylic acids is 1. The van der Waals surface area contributed by atoms with Crippen molar-refractivity contribution in [2.45, 2.75) is 19.9 Å². The van der Waals surface area contributed by atoms with E-state index in [0.29, 0.717) is 0 Å². The highest BCUT2D eigenvalue weighted by Gasteiger charge is 2.14. The largest absolute Gasteiger partial charge is 0.345 e. The van der Waals surface area contributed by atoms with Gasteiger partial charge in [0.15, 0.2) is 0 Å². The molecule has 0 saturated heterocycles. The first-order chi connectivity index (χ1) is 6.13. The number of rotatable bonds is 6. The predicted molar refractivity (Wildman–Crippen MR) is 59.2 cm³/mol. The Balaban J connectivity index is 3.69. The molecule has 0 aromatic heterocycles. The second-order valence-corrected chi connectivity index (χ2v) is 4.01. The van der Waals surface area contributed by atoms with Gasteiger partial charge in [-0.15, -0.1) is 0 Å². The zero-order chi connectivity index (χ0) is 10.3. The number of hydrogen-bond acceptors (Lipinski definition) is 3. The molecule has 0 aromatic carbocycles. The minimum atomic E-state index is -0.0582. The Bertz CT molecular complexity index is 153. The first-order valence-corrected chi connectivity index (χ1v) is 6.00. The molecule has 0 saturated carbocycles. The van der Waals surface area contributed by atoms with Gasteiger partial charge >= 0.3 is 0 Å².